The van der Waals surface area contributed by atoms with Crippen molar-refractivity contribution >= 4 is 0 Å². The molecule has 0 aromatic heterocycles. The van der Waals surface area contributed by atoms with Crippen molar-refractivity contribution in [2.45, 2.75) is 38.1 Å². The summed E-state index contributed by atoms with van der Waals surface area (Å²) in [5, 5.41) is 0. The Labute approximate surface area is 80.5 Å². The minimum Gasteiger partial charge on any atom is -0.299 e. The molecule has 4 fully saturated rings. The van der Waals surface area contributed by atoms with E-state index in [1.54, 1.807) is 19.3 Å². The average Bonchev–Trinajstić information content (AvgIpc) is 2.74. The van der Waals surface area contributed by atoms with Gasteiger partial charge in [-0.05, 0) is 55.8 Å². The molecule has 3 saturated carbocycles. The number of nitrogens with zero attached hydrogens (tertiary/aromatic N) is 1. The second-order valence-corrected chi connectivity index (χ2v) is 5.88. The zero-order valence-electron chi connectivity index (χ0n) is 8.28. The molecule has 0 amide bonds. The minimum atomic E-state index is 1.07. The van der Waals surface area contributed by atoms with Crippen LogP contribution in [-0.2, 0) is 0 Å². The van der Waals surface area contributed by atoms with E-state index in [2.05, 4.69) is 4.90 Å². The van der Waals surface area contributed by atoms with Crippen LogP contribution in [-0.4, -0.2) is 24.0 Å². The molecule has 1 aliphatic heterocycles. The van der Waals surface area contributed by atoms with Gasteiger partial charge < -0.3 is 0 Å². The lowest BCUT2D eigenvalue weighted by molar-refractivity contribution is -0.0247. The fourth-order valence-corrected chi connectivity index (χ4v) is 4.29. The summed E-state index contributed by atoms with van der Waals surface area (Å²) >= 11 is 0. The Bertz CT molecular complexity index is 231. The summed E-state index contributed by atoms with van der Waals surface area (Å²) in [7, 11) is 0. The van der Waals surface area contributed by atoms with Crippen LogP contribution in [0.2, 0.25) is 0 Å². The van der Waals surface area contributed by atoms with Gasteiger partial charge in [0.15, 0.2) is 0 Å². The van der Waals surface area contributed by atoms with Crippen LogP contribution in [0.15, 0.2) is 0 Å². The minimum absolute atomic E-state index is 1.07. The highest BCUT2D eigenvalue weighted by atomic mass is 15.2. The molecule has 0 aromatic rings. The van der Waals surface area contributed by atoms with Crippen LogP contribution in [0.3, 0.4) is 0 Å². The second kappa shape index (κ2) is 2.31. The van der Waals surface area contributed by atoms with E-state index in [4.69, 9.17) is 0 Å². The molecular weight excluding hydrogens is 158 g/mol. The lowest BCUT2D eigenvalue weighted by Gasteiger charge is -2.51. The van der Waals surface area contributed by atoms with Gasteiger partial charge in [0, 0.05) is 19.1 Å². The van der Waals surface area contributed by atoms with E-state index in [9.17, 15) is 0 Å². The topological polar surface area (TPSA) is 3.24 Å². The van der Waals surface area contributed by atoms with Crippen molar-refractivity contribution < 1.29 is 0 Å². The van der Waals surface area contributed by atoms with Gasteiger partial charge in [0.2, 0.25) is 0 Å². The number of hydrogen-bond acceptors (Lipinski definition) is 1. The molecule has 0 spiro atoms. The Morgan fingerprint density at radius 2 is 1.85 bits per heavy atom. The van der Waals surface area contributed by atoms with Crippen LogP contribution >= 0.6 is 0 Å². The van der Waals surface area contributed by atoms with Crippen molar-refractivity contribution in [3.05, 3.63) is 0 Å². The van der Waals surface area contributed by atoms with Crippen molar-refractivity contribution in [2.24, 2.45) is 23.7 Å². The maximum atomic E-state index is 2.83. The maximum Gasteiger partial charge on any atom is 0.0167 e. The summed E-state index contributed by atoms with van der Waals surface area (Å²) in [6.07, 6.45) is 7.79. The summed E-state index contributed by atoms with van der Waals surface area (Å²) in [6, 6.07) is 1.07. The third kappa shape index (κ3) is 0.918. The smallest absolute Gasteiger partial charge is 0.0167 e. The van der Waals surface area contributed by atoms with Crippen LogP contribution in [0.5, 0.6) is 0 Å². The second-order valence-electron chi connectivity index (χ2n) is 5.88. The molecule has 0 aromatic carbocycles. The Hall–Kier alpha value is -0.0400. The third-order valence-corrected chi connectivity index (χ3v) is 5.10. The summed E-state index contributed by atoms with van der Waals surface area (Å²) in [4.78, 5) is 2.83. The molecule has 1 nitrogen and oxygen atoms in total. The Kier molecular flexibility index (Phi) is 1.29. The monoisotopic (exact) mass is 177 g/mol. The van der Waals surface area contributed by atoms with Gasteiger partial charge in [0.25, 0.3) is 0 Å². The Morgan fingerprint density at radius 3 is 2.62 bits per heavy atom. The van der Waals surface area contributed by atoms with Crippen molar-refractivity contribution in [1.82, 2.24) is 4.90 Å². The Morgan fingerprint density at radius 1 is 1.00 bits per heavy atom. The molecule has 72 valence electrons. The molecule has 4 unspecified atom stereocenters. The zero-order valence-corrected chi connectivity index (χ0v) is 8.28. The van der Waals surface area contributed by atoms with Gasteiger partial charge in [-0.2, -0.15) is 0 Å². The van der Waals surface area contributed by atoms with Gasteiger partial charge in [0.1, 0.15) is 0 Å². The number of likely N-dealkylation sites (tertiary alicyclic amines) is 1. The number of rotatable bonds is 2. The van der Waals surface area contributed by atoms with E-state index >= 15 is 0 Å². The number of fused-ring (bicyclic) bond motifs is 5. The largest absolute Gasteiger partial charge is 0.299 e. The molecule has 1 heterocycles. The molecule has 4 aliphatic rings. The van der Waals surface area contributed by atoms with Crippen molar-refractivity contribution in [1.29, 1.82) is 0 Å². The summed E-state index contributed by atoms with van der Waals surface area (Å²) in [5.74, 6) is 4.55. The van der Waals surface area contributed by atoms with Gasteiger partial charge >= 0.3 is 0 Å². The van der Waals surface area contributed by atoms with E-state index < -0.39 is 0 Å². The predicted molar refractivity (Wildman–Crippen MR) is 52.4 cm³/mol. The van der Waals surface area contributed by atoms with E-state index in [0.29, 0.717) is 0 Å². The van der Waals surface area contributed by atoms with Crippen LogP contribution < -0.4 is 0 Å². The van der Waals surface area contributed by atoms with Crippen molar-refractivity contribution in [3.63, 3.8) is 0 Å². The van der Waals surface area contributed by atoms with Crippen molar-refractivity contribution in [2.75, 3.05) is 13.1 Å². The first-order valence-electron chi connectivity index (χ1n) is 6.16. The highest BCUT2D eigenvalue weighted by molar-refractivity contribution is 5.09. The fourth-order valence-electron chi connectivity index (χ4n) is 4.29. The van der Waals surface area contributed by atoms with Gasteiger partial charge in [-0.15, -0.1) is 0 Å². The molecule has 0 N–H and O–H groups in total. The lowest BCUT2D eigenvalue weighted by Crippen LogP contribution is -2.59. The van der Waals surface area contributed by atoms with Crippen LogP contribution in [0.1, 0.15) is 32.1 Å². The first-order chi connectivity index (χ1) is 6.42. The lowest BCUT2D eigenvalue weighted by atomic mass is 9.77. The van der Waals surface area contributed by atoms with E-state index in [1.165, 1.54) is 25.9 Å². The van der Waals surface area contributed by atoms with E-state index in [-0.39, 0.29) is 0 Å². The standard InChI is InChI=1S/C12H19N/c1-2-8(1)6-13-7-11-9-3-4-10(5-9)12(11)13/h8-12H,1-7H2. The molecule has 1 saturated heterocycles. The van der Waals surface area contributed by atoms with Gasteiger partial charge in [-0.25, -0.2) is 0 Å². The first-order valence-corrected chi connectivity index (χ1v) is 6.16. The van der Waals surface area contributed by atoms with Crippen LogP contribution in [0.25, 0.3) is 0 Å². The average molecular weight is 177 g/mol. The first kappa shape index (κ1) is 7.28. The van der Waals surface area contributed by atoms with Crippen molar-refractivity contribution in [3.8, 4) is 0 Å². The zero-order chi connectivity index (χ0) is 8.41. The highest BCUT2D eigenvalue weighted by Crippen LogP contribution is 2.56. The van der Waals surface area contributed by atoms with Gasteiger partial charge in [0.05, 0.1) is 0 Å². The van der Waals surface area contributed by atoms with Gasteiger partial charge in [-0.1, -0.05) is 0 Å². The normalized spacial score (nSPS) is 53.5. The fraction of sp³-hybridized carbons (Fsp3) is 1.00. The quantitative estimate of drug-likeness (QED) is 0.624. The highest BCUT2D eigenvalue weighted by Gasteiger charge is 2.56. The predicted octanol–water partition coefficient (Wildman–Crippen LogP) is 2.13. The van der Waals surface area contributed by atoms with Gasteiger partial charge in [-0.3, -0.25) is 4.90 Å². The van der Waals surface area contributed by atoms with E-state index in [0.717, 1.165) is 29.7 Å². The Balaban J connectivity index is 1.48. The molecule has 4 rings (SSSR count). The molecule has 3 aliphatic carbocycles. The summed E-state index contributed by atoms with van der Waals surface area (Å²) in [6.45, 7) is 2.94. The molecular formula is C12H19N. The van der Waals surface area contributed by atoms with Crippen LogP contribution in [0, 0.1) is 23.7 Å². The van der Waals surface area contributed by atoms with E-state index in [1.807, 2.05) is 0 Å². The molecule has 1 heteroatoms. The summed E-state index contributed by atoms with van der Waals surface area (Å²) in [5.41, 5.74) is 0. The maximum absolute atomic E-state index is 2.83. The summed E-state index contributed by atoms with van der Waals surface area (Å²) < 4.78 is 0. The molecule has 0 radical (unpaired) electrons. The molecule has 2 bridgehead atoms. The van der Waals surface area contributed by atoms with Crippen LogP contribution in [0.4, 0.5) is 0 Å². The molecule has 13 heavy (non-hydrogen) atoms. The molecule has 4 atom stereocenters. The third-order valence-electron chi connectivity index (χ3n) is 5.10. The SMILES string of the molecule is C1CC1CN1CC2C3CCC(C3)C21. The number of hydrogen-bond donors (Lipinski definition) is 0.